The Morgan fingerprint density at radius 2 is 1.85 bits per heavy atom. The molecular weight excluding hydrogens is 280 g/mol. The van der Waals surface area contributed by atoms with E-state index in [4.69, 9.17) is 11.6 Å². The van der Waals surface area contributed by atoms with Gasteiger partial charge in [0.05, 0.1) is 16.8 Å². The van der Waals surface area contributed by atoms with E-state index in [0.717, 1.165) is 4.90 Å². The van der Waals surface area contributed by atoms with E-state index >= 15 is 0 Å². The smallest absolute Gasteiger partial charge is 0.261 e. The second-order valence-electron chi connectivity index (χ2n) is 4.47. The molecule has 0 saturated carbocycles. The van der Waals surface area contributed by atoms with Crippen LogP contribution in [0.25, 0.3) is 5.69 Å². The van der Waals surface area contributed by atoms with Gasteiger partial charge in [-0.25, -0.2) is 0 Å². The highest BCUT2D eigenvalue weighted by molar-refractivity contribution is 6.28. The molecule has 0 unspecified atom stereocenters. The molecule has 2 amide bonds. The van der Waals surface area contributed by atoms with Gasteiger partial charge in [0.1, 0.15) is 5.82 Å². The Bertz CT molecular complexity index is 738. The quantitative estimate of drug-likeness (QED) is 0.790. The summed E-state index contributed by atoms with van der Waals surface area (Å²) in [5.41, 5.74) is 1.46. The average molecular weight is 291 g/mol. The van der Waals surface area contributed by atoms with Crippen LogP contribution in [-0.4, -0.2) is 38.5 Å². The Morgan fingerprint density at radius 1 is 1.15 bits per heavy atom. The fraction of sp³-hybridized carbons (Fsp3) is 0.231. The first-order chi connectivity index (χ1) is 9.54. The van der Waals surface area contributed by atoms with Gasteiger partial charge in [-0.15, -0.1) is 10.2 Å². The predicted octanol–water partition coefficient (Wildman–Crippen LogP) is 1.71. The number of nitrogens with zero attached hydrogens (tertiary/aromatic N) is 4. The van der Waals surface area contributed by atoms with Crippen molar-refractivity contribution in [2.24, 2.45) is 0 Å². The van der Waals surface area contributed by atoms with Gasteiger partial charge < -0.3 is 0 Å². The first-order valence-corrected chi connectivity index (χ1v) is 6.49. The second kappa shape index (κ2) is 4.42. The SMILES string of the molecule is CCc1nnc(Cl)n1-c1ccc2c(c1)C(=O)N(C)C2=O. The van der Waals surface area contributed by atoms with Crippen LogP contribution in [0.2, 0.25) is 5.28 Å². The summed E-state index contributed by atoms with van der Waals surface area (Å²) in [6.45, 7) is 1.94. The maximum atomic E-state index is 12.0. The summed E-state index contributed by atoms with van der Waals surface area (Å²) in [6.07, 6.45) is 0.656. The number of fused-ring (bicyclic) bond motifs is 1. The minimum Gasteiger partial charge on any atom is -0.277 e. The van der Waals surface area contributed by atoms with Gasteiger partial charge in [0.25, 0.3) is 11.8 Å². The van der Waals surface area contributed by atoms with Crippen molar-refractivity contribution in [1.82, 2.24) is 19.7 Å². The maximum Gasteiger partial charge on any atom is 0.261 e. The Labute approximate surface area is 120 Å². The molecule has 2 heterocycles. The Morgan fingerprint density at radius 3 is 2.55 bits per heavy atom. The van der Waals surface area contributed by atoms with Crippen LogP contribution in [0.5, 0.6) is 0 Å². The molecule has 1 aliphatic rings. The molecule has 3 rings (SSSR count). The number of benzene rings is 1. The van der Waals surface area contributed by atoms with Gasteiger partial charge >= 0.3 is 0 Å². The standard InChI is InChI=1S/C13H11ClN4O2/c1-3-10-15-16-13(14)18(10)7-4-5-8-9(6-7)12(20)17(2)11(8)19/h4-6H,3H2,1-2H3. The summed E-state index contributed by atoms with van der Waals surface area (Å²) in [4.78, 5) is 24.9. The highest BCUT2D eigenvalue weighted by Crippen LogP contribution is 2.26. The van der Waals surface area contributed by atoms with E-state index in [9.17, 15) is 9.59 Å². The fourth-order valence-corrected chi connectivity index (χ4v) is 2.50. The van der Waals surface area contributed by atoms with Crippen LogP contribution in [0.15, 0.2) is 18.2 Å². The number of carbonyl (C=O) groups excluding carboxylic acids is 2. The monoisotopic (exact) mass is 290 g/mol. The third kappa shape index (κ3) is 1.65. The van der Waals surface area contributed by atoms with Crippen LogP contribution in [0.4, 0.5) is 0 Å². The summed E-state index contributed by atoms with van der Waals surface area (Å²) < 4.78 is 1.66. The number of carbonyl (C=O) groups is 2. The van der Waals surface area contributed by atoms with E-state index < -0.39 is 0 Å². The molecule has 1 aromatic carbocycles. The largest absolute Gasteiger partial charge is 0.277 e. The maximum absolute atomic E-state index is 12.0. The zero-order valence-electron chi connectivity index (χ0n) is 10.9. The van der Waals surface area contributed by atoms with Crippen molar-refractivity contribution in [2.75, 3.05) is 7.05 Å². The van der Waals surface area contributed by atoms with Crippen LogP contribution >= 0.6 is 11.6 Å². The van der Waals surface area contributed by atoms with Gasteiger partial charge in [0.15, 0.2) is 0 Å². The number of hydrogen-bond donors (Lipinski definition) is 0. The molecule has 7 heteroatoms. The second-order valence-corrected chi connectivity index (χ2v) is 4.81. The minimum absolute atomic E-state index is 0.229. The number of aromatic nitrogens is 3. The lowest BCUT2D eigenvalue weighted by atomic mass is 10.1. The molecule has 6 nitrogen and oxygen atoms in total. The molecule has 0 radical (unpaired) electrons. The normalized spacial score (nSPS) is 14.1. The van der Waals surface area contributed by atoms with Crippen molar-refractivity contribution < 1.29 is 9.59 Å². The molecule has 0 N–H and O–H groups in total. The summed E-state index contributed by atoms with van der Waals surface area (Å²) in [5, 5.41) is 8.02. The number of aryl methyl sites for hydroxylation is 1. The average Bonchev–Trinajstić information content (AvgIpc) is 2.93. The van der Waals surface area contributed by atoms with Crippen molar-refractivity contribution in [3.05, 3.63) is 40.4 Å². The van der Waals surface area contributed by atoms with E-state index in [2.05, 4.69) is 10.2 Å². The van der Waals surface area contributed by atoms with Crippen molar-refractivity contribution in [2.45, 2.75) is 13.3 Å². The van der Waals surface area contributed by atoms with Gasteiger partial charge in [-0.3, -0.25) is 19.1 Å². The van der Waals surface area contributed by atoms with Gasteiger partial charge in [0, 0.05) is 13.5 Å². The molecular formula is C13H11ClN4O2. The lowest BCUT2D eigenvalue weighted by Gasteiger charge is -2.07. The lowest BCUT2D eigenvalue weighted by molar-refractivity contribution is 0.0693. The number of imide groups is 1. The topological polar surface area (TPSA) is 68.1 Å². The van der Waals surface area contributed by atoms with Crippen molar-refractivity contribution in [3.8, 4) is 5.69 Å². The fourth-order valence-electron chi connectivity index (χ4n) is 2.27. The summed E-state index contributed by atoms with van der Waals surface area (Å²) >= 11 is 6.03. The molecule has 102 valence electrons. The van der Waals surface area contributed by atoms with E-state index in [1.54, 1.807) is 22.8 Å². The molecule has 2 aromatic rings. The van der Waals surface area contributed by atoms with E-state index in [0.29, 0.717) is 29.1 Å². The Balaban J connectivity index is 2.18. The van der Waals surface area contributed by atoms with Crippen molar-refractivity contribution >= 4 is 23.4 Å². The first-order valence-electron chi connectivity index (χ1n) is 6.11. The summed E-state index contributed by atoms with van der Waals surface area (Å²) in [7, 11) is 1.47. The lowest BCUT2D eigenvalue weighted by Crippen LogP contribution is -2.24. The Hall–Kier alpha value is -2.21. The highest BCUT2D eigenvalue weighted by atomic mass is 35.5. The van der Waals surface area contributed by atoms with Crippen molar-refractivity contribution in [3.63, 3.8) is 0 Å². The van der Waals surface area contributed by atoms with E-state index in [1.807, 2.05) is 6.92 Å². The molecule has 0 fully saturated rings. The zero-order valence-corrected chi connectivity index (χ0v) is 11.7. The minimum atomic E-state index is -0.311. The van der Waals surface area contributed by atoms with Crippen LogP contribution in [0, 0.1) is 0 Å². The number of hydrogen-bond acceptors (Lipinski definition) is 4. The van der Waals surface area contributed by atoms with Crippen LogP contribution in [-0.2, 0) is 6.42 Å². The Kier molecular flexibility index (Phi) is 2.83. The summed E-state index contributed by atoms with van der Waals surface area (Å²) in [5.74, 6) is 0.0938. The van der Waals surface area contributed by atoms with E-state index in [1.165, 1.54) is 7.05 Å². The van der Waals surface area contributed by atoms with Gasteiger partial charge in [-0.2, -0.15) is 0 Å². The van der Waals surface area contributed by atoms with Crippen molar-refractivity contribution in [1.29, 1.82) is 0 Å². The van der Waals surface area contributed by atoms with E-state index in [-0.39, 0.29) is 17.1 Å². The zero-order chi connectivity index (χ0) is 14.4. The predicted molar refractivity (Wildman–Crippen MR) is 72.2 cm³/mol. The molecule has 0 bridgehead atoms. The number of halogens is 1. The molecule has 0 atom stereocenters. The molecule has 0 saturated heterocycles. The van der Waals surface area contributed by atoms with Crippen LogP contribution in [0.1, 0.15) is 33.5 Å². The van der Waals surface area contributed by atoms with Gasteiger partial charge in [-0.05, 0) is 29.8 Å². The third-order valence-corrected chi connectivity index (χ3v) is 3.58. The molecule has 1 aromatic heterocycles. The third-order valence-electron chi connectivity index (χ3n) is 3.34. The molecule has 20 heavy (non-hydrogen) atoms. The number of rotatable bonds is 2. The first kappa shape index (κ1) is 12.8. The van der Waals surface area contributed by atoms with Gasteiger partial charge in [0.2, 0.25) is 5.28 Å². The summed E-state index contributed by atoms with van der Waals surface area (Å²) in [6, 6.07) is 5.01. The van der Waals surface area contributed by atoms with Gasteiger partial charge in [-0.1, -0.05) is 6.92 Å². The molecule has 0 spiro atoms. The number of amides is 2. The molecule has 0 aliphatic carbocycles. The van der Waals surface area contributed by atoms with Crippen LogP contribution < -0.4 is 0 Å². The highest BCUT2D eigenvalue weighted by Gasteiger charge is 2.33. The van der Waals surface area contributed by atoms with Crippen LogP contribution in [0.3, 0.4) is 0 Å². The molecule has 1 aliphatic heterocycles.